The van der Waals surface area contributed by atoms with Crippen molar-refractivity contribution in [2.24, 2.45) is 5.73 Å². The van der Waals surface area contributed by atoms with Crippen LogP contribution in [-0.2, 0) is 0 Å². The number of anilines is 1. The van der Waals surface area contributed by atoms with Crippen molar-refractivity contribution in [3.8, 4) is 5.75 Å². The lowest BCUT2D eigenvalue weighted by atomic mass is 9.89. The van der Waals surface area contributed by atoms with Gasteiger partial charge in [0.25, 0.3) is 0 Å². The first-order valence-corrected chi connectivity index (χ1v) is 5.61. The van der Waals surface area contributed by atoms with Crippen LogP contribution in [0.5, 0.6) is 5.75 Å². The molecule has 0 fully saturated rings. The van der Waals surface area contributed by atoms with E-state index in [1.54, 1.807) is 0 Å². The van der Waals surface area contributed by atoms with Gasteiger partial charge in [0.1, 0.15) is 12.4 Å². The predicted octanol–water partition coefficient (Wildman–Crippen LogP) is 1.33. The molecule has 0 saturated heterocycles. The summed E-state index contributed by atoms with van der Waals surface area (Å²) in [5, 5.41) is 0. The van der Waals surface area contributed by atoms with Crippen LogP contribution in [0.15, 0.2) is 18.2 Å². The van der Waals surface area contributed by atoms with Crippen molar-refractivity contribution in [2.75, 3.05) is 31.1 Å². The number of nitrogens with zero attached hydrogens (tertiary/aromatic N) is 1. The van der Waals surface area contributed by atoms with Crippen molar-refractivity contribution >= 4 is 5.69 Å². The normalized spacial score (nSPS) is 23.3. The van der Waals surface area contributed by atoms with E-state index in [0.717, 1.165) is 32.0 Å². The summed E-state index contributed by atoms with van der Waals surface area (Å²) in [6.45, 7) is 3.69. The van der Waals surface area contributed by atoms with E-state index in [2.05, 4.69) is 23.1 Å². The summed E-state index contributed by atoms with van der Waals surface area (Å²) in [4.78, 5) is 2.43. The lowest BCUT2D eigenvalue weighted by Gasteiger charge is -2.39. The molecule has 80 valence electrons. The standard InChI is InChI=1S/C12H16N2O/c13-8-9-4-5-14-6-7-15-11-3-1-2-10(9)12(11)14/h1-3,9H,4-8,13H2. The molecule has 0 radical (unpaired) electrons. The van der Waals surface area contributed by atoms with E-state index in [0.29, 0.717) is 5.92 Å². The van der Waals surface area contributed by atoms with Crippen molar-refractivity contribution in [1.82, 2.24) is 0 Å². The zero-order chi connectivity index (χ0) is 10.3. The summed E-state index contributed by atoms with van der Waals surface area (Å²) in [6.07, 6.45) is 1.17. The highest BCUT2D eigenvalue weighted by Gasteiger charge is 2.29. The quantitative estimate of drug-likeness (QED) is 0.750. The van der Waals surface area contributed by atoms with Crippen molar-refractivity contribution < 1.29 is 4.74 Å². The molecule has 1 atom stereocenters. The molecule has 0 aromatic heterocycles. The van der Waals surface area contributed by atoms with Crippen molar-refractivity contribution in [1.29, 1.82) is 0 Å². The van der Waals surface area contributed by atoms with E-state index >= 15 is 0 Å². The maximum atomic E-state index is 5.81. The maximum absolute atomic E-state index is 5.81. The Morgan fingerprint density at radius 1 is 1.40 bits per heavy atom. The minimum absolute atomic E-state index is 0.512. The topological polar surface area (TPSA) is 38.5 Å². The largest absolute Gasteiger partial charge is 0.490 e. The second-order valence-corrected chi connectivity index (χ2v) is 4.25. The van der Waals surface area contributed by atoms with Crippen LogP contribution in [0.4, 0.5) is 5.69 Å². The highest BCUT2D eigenvalue weighted by molar-refractivity contribution is 5.67. The van der Waals surface area contributed by atoms with Gasteiger partial charge < -0.3 is 15.4 Å². The minimum atomic E-state index is 0.512. The third-order valence-corrected chi connectivity index (χ3v) is 3.44. The van der Waals surface area contributed by atoms with Crippen LogP contribution in [0.3, 0.4) is 0 Å². The predicted molar refractivity (Wildman–Crippen MR) is 60.6 cm³/mol. The van der Waals surface area contributed by atoms with Gasteiger partial charge in [0, 0.05) is 6.54 Å². The van der Waals surface area contributed by atoms with E-state index < -0.39 is 0 Å². The van der Waals surface area contributed by atoms with Crippen molar-refractivity contribution in [2.45, 2.75) is 12.3 Å². The minimum Gasteiger partial charge on any atom is -0.490 e. The van der Waals surface area contributed by atoms with Crippen LogP contribution < -0.4 is 15.4 Å². The Morgan fingerprint density at radius 2 is 2.33 bits per heavy atom. The monoisotopic (exact) mass is 204 g/mol. The van der Waals surface area contributed by atoms with Gasteiger partial charge in [-0.2, -0.15) is 0 Å². The molecule has 1 unspecified atom stereocenters. The van der Waals surface area contributed by atoms with Gasteiger partial charge in [-0.3, -0.25) is 0 Å². The Kier molecular flexibility index (Phi) is 2.06. The molecule has 0 aliphatic carbocycles. The molecule has 0 bridgehead atoms. The summed E-state index contributed by atoms with van der Waals surface area (Å²) in [6, 6.07) is 6.33. The first kappa shape index (κ1) is 9.04. The summed E-state index contributed by atoms with van der Waals surface area (Å²) in [5.41, 5.74) is 8.49. The van der Waals surface area contributed by atoms with Gasteiger partial charge >= 0.3 is 0 Å². The van der Waals surface area contributed by atoms with E-state index in [4.69, 9.17) is 10.5 Å². The molecule has 2 aliphatic heterocycles. The molecular formula is C12H16N2O. The molecule has 3 heteroatoms. The fraction of sp³-hybridized carbons (Fsp3) is 0.500. The molecule has 0 spiro atoms. The fourth-order valence-corrected chi connectivity index (χ4v) is 2.64. The maximum Gasteiger partial charge on any atom is 0.142 e. The molecule has 1 aromatic rings. The van der Waals surface area contributed by atoms with E-state index in [1.807, 2.05) is 0 Å². The highest BCUT2D eigenvalue weighted by atomic mass is 16.5. The van der Waals surface area contributed by atoms with Crippen LogP contribution in [0, 0.1) is 0 Å². The van der Waals surface area contributed by atoms with E-state index in [-0.39, 0.29) is 0 Å². The van der Waals surface area contributed by atoms with Crippen LogP contribution in [0.1, 0.15) is 17.9 Å². The smallest absolute Gasteiger partial charge is 0.142 e. The summed E-state index contributed by atoms with van der Waals surface area (Å²) in [5.74, 6) is 1.55. The highest BCUT2D eigenvalue weighted by Crippen LogP contribution is 2.42. The molecule has 2 N–H and O–H groups in total. The van der Waals surface area contributed by atoms with Gasteiger partial charge in [-0.15, -0.1) is 0 Å². The number of hydrogen-bond donors (Lipinski definition) is 1. The Morgan fingerprint density at radius 3 is 3.20 bits per heavy atom. The molecule has 3 nitrogen and oxygen atoms in total. The van der Waals surface area contributed by atoms with E-state index in [9.17, 15) is 0 Å². The van der Waals surface area contributed by atoms with Gasteiger partial charge in [-0.25, -0.2) is 0 Å². The summed E-state index contributed by atoms with van der Waals surface area (Å²) < 4.78 is 5.68. The Hall–Kier alpha value is -1.22. The number of nitrogens with two attached hydrogens (primary N) is 1. The number of rotatable bonds is 1. The van der Waals surface area contributed by atoms with Gasteiger partial charge in [0.15, 0.2) is 0 Å². The second kappa shape index (κ2) is 3.42. The van der Waals surface area contributed by atoms with Crippen molar-refractivity contribution in [3.05, 3.63) is 23.8 Å². The number of hydrogen-bond acceptors (Lipinski definition) is 3. The van der Waals surface area contributed by atoms with Crippen LogP contribution in [-0.4, -0.2) is 26.2 Å². The second-order valence-electron chi connectivity index (χ2n) is 4.25. The number of para-hydroxylation sites is 1. The molecule has 0 saturated carbocycles. The zero-order valence-corrected chi connectivity index (χ0v) is 8.78. The summed E-state index contributed by atoms with van der Waals surface area (Å²) in [7, 11) is 0. The Balaban J connectivity index is 2.13. The fourth-order valence-electron chi connectivity index (χ4n) is 2.64. The SMILES string of the molecule is NCC1CCN2CCOc3cccc1c32. The molecule has 15 heavy (non-hydrogen) atoms. The van der Waals surface area contributed by atoms with Gasteiger partial charge in [0.2, 0.25) is 0 Å². The molecule has 2 aliphatic rings. The van der Waals surface area contributed by atoms with Gasteiger partial charge in [-0.05, 0) is 30.5 Å². The van der Waals surface area contributed by atoms with E-state index in [1.165, 1.54) is 17.7 Å². The first-order valence-electron chi connectivity index (χ1n) is 5.61. The van der Waals surface area contributed by atoms with Gasteiger partial charge in [-0.1, -0.05) is 12.1 Å². The van der Waals surface area contributed by atoms with Gasteiger partial charge in [0.05, 0.1) is 12.2 Å². The molecular weight excluding hydrogens is 188 g/mol. The third-order valence-electron chi connectivity index (χ3n) is 3.44. The zero-order valence-electron chi connectivity index (χ0n) is 8.78. The average molecular weight is 204 g/mol. The van der Waals surface area contributed by atoms with Crippen molar-refractivity contribution in [3.63, 3.8) is 0 Å². The summed E-state index contributed by atoms with van der Waals surface area (Å²) >= 11 is 0. The molecule has 1 aromatic carbocycles. The lowest BCUT2D eigenvalue weighted by molar-refractivity contribution is 0.302. The number of benzene rings is 1. The molecule has 3 rings (SSSR count). The first-order chi connectivity index (χ1) is 7.40. The number of ether oxygens (including phenoxy) is 1. The Bertz CT molecular complexity index is 378. The van der Waals surface area contributed by atoms with Crippen LogP contribution in [0.2, 0.25) is 0 Å². The lowest BCUT2D eigenvalue weighted by Crippen LogP contribution is -2.39. The third kappa shape index (κ3) is 1.30. The molecule has 2 heterocycles. The van der Waals surface area contributed by atoms with Crippen LogP contribution >= 0.6 is 0 Å². The Labute approximate surface area is 89.8 Å². The van der Waals surface area contributed by atoms with Crippen LogP contribution in [0.25, 0.3) is 0 Å². The molecule has 0 amide bonds. The average Bonchev–Trinajstić information content (AvgIpc) is 2.30.